The van der Waals surface area contributed by atoms with Crippen molar-refractivity contribution in [2.75, 3.05) is 40.5 Å². The first-order valence-electron chi connectivity index (χ1n) is 26.2. The molecule has 1 saturated carbocycles. The lowest BCUT2D eigenvalue weighted by molar-refractivity contribution is -0.137. The molecule has 16 nitrogen and oxygen atoms in total. The Bertz CT molecular complexity index is 3060. The molecule has 3 unspecified atom stereocenters. The van der Waals surface area contributed by atoms with Gasteiger partial charge in [-0.3, -0.25) is 24.1 Å². The molecule has 22 heteroatoms. The zero-order valence-corrected chi connectivity index (χ0v) is 49.8. The van der Waals surface area contributed by atoms with Crippen LogP contribution in [0.1, 0.15) is 113 Å². The molecule has 3 saturated heterocycles. The van der Waals surface area contributed by atoms with E-state index in [0.717, 1.165) is 87.4 Å². The minimum absolute atomic E-state index is 0. The number of amides is 4. The van der Waals surface area contributed by atoms with Gasteiger partial charge in [-0.15, -0.1) is 11.3 Å². The van der Waals surface area contributed by atoms with Crippen LogP contribution in [0.15, 0.2) is 65.0 Å². The van der Waals surface area contributed by atoms with Crippen molar-refractivity contribution >= 4 is 123 Å². The number of nitrogens with one attached hydrogen (secondary N) is 2. The van der Waals surface area contributed by atoms with Crippen LogP contribution in [0, 0.1) is 29.0 Å². The van der Waals surface area contributed by atoms with Crippen molar-refractivity contribution in [3.05, 3.63) is 81.8 Å². The Balaban J connectivity index is 0.00000220. The fraction of sp³-hybridized carbons (Fsp3) is 0.518. The van der Waals surface area contributed by atoms with Crippen LogP contribution in [0.4, 0.5) is 14.0 Å². The molecule has 78 heavy (non-hydrogen) atoms. The number of aromatic nitrogens is 2. The topological polar surface area (TPSA) is 178 Å². The van der Waals surface area contributed by atoms with Gasteiger partial charge < -0.3 is 39.4 Å². The number of carbonyl (C=O) groups excluding carboxylic acids is 4. The molecule has 0 bridgehead atoms. The Morgan fingerprint density at radius 3 is 2.10 bits per heavy atom. The second-order valence-electron chi connectivity index (χ2n) is 22.2. The minimum atomic E-state index is -0.791. The molecule has 0 radical (unpaired) electrons. The number of carbonyl (C=O) groups is 4. The molecule has 4 aromatic rings. The van der Waals surface area contributed by atoms with Gasteiger partial charge in [-0.25, -0.2) is 19.0 Å². The summed E-state index contributed by atoms with van der Waals surface area (Å²) in [6.07, 6.45) is 11.9. The number of likely N-dealkylation sites (tertiary alicyclic amines) is 2. The Hall–Kier alpha value is -5.00. The number of halogens is 1. The van der Waals surface area contributed by atoms with Gasteiger partial charge in [0, 0.05) is 73.7 Å². The standard InChI is InChI=1S/C56H65FN8O8S.4H2S/c1-30(2)49(61-54(68)70-5)51(66)63-15-7-9-42(63)40-21-36(26-59-40)33-19-38(57)48-44-22-34-18-32(13-14-41(34)65(44)53(73-45(48)23-33)46-27-60-47(74-46)17-31-11-12-31)35-20-39(58-25-35)43-10-8-16-64(43)52(67)50(62-55(69)71-6)37-24-56(3,4)29-72-28-37;;;;/h13-14,18-19,22-23,25-27,30-31,37,42-43,49-50,53H,7-12,15-17,20-21,24,28-29H2,1-6H3,(H,61,68)(H,62,69);4*1H2/t37?,42-,43-,49-,50?,53?;;;;/m0..../s1. The van der Waals surface area contributed by atoms with Gasteiger partial charge in [0.25, 0.3) is 0 Å². The summed E-state index contributed by atoms with van der Waals surface area (Å²) in [7, 11) is 2.59. The Morgan fingerprint density at radius 1 is 0.833 bits per heavy atom. The van der Waals surface area contributed by atoms with Crippen LogP contribution in [0.3, 0.4) is 0 Å². The Morgan fingerprint density at radius 2 is 1.47 bits per heavy atom. The van der Waals surface area contributed by atoms with Gasteiger partial charge in [0.15, 0.2) is 0 Å². The normalized spacial score (nSPS) is 22.6. The predicted molar refractivity (Wildman–Crippen MR) is 322 cm³/mol. The van der Waals surface area contributed by atoms with Gasteiger partial charge >= 0.3 is 12.2 Å². The third-order valence-electron chi connectivity index (χ3n) is 15.9. The fourth-order valence-electron chi connectivity index (χ4n) is 12.0. The number of hydrogen-bond donors (Lipinski definition) is 2. The van der Waals surface area contributed by atoms with E-state index in [4.69, 9.17) is 33.9 Å². The first-order valence-corrected chi connectivity index (χ1v) is 27.0. The minimum Gasteiger partial charge on any atom is -0.464 e. The van der Waals surface area contributed by atoms with E-state index in [1.165, 1.54) is 27.1 Å². The lowest BCUT2D eigenvalue weighted by Gasteiger charge is -2.40. The summed E-state index contributed by atoms with van der Waals surface area (Å²) in [6, 6.07) is 9.80. The van der Waals surface area contributed by atoms with Gasteiger partial charge in [-0.05, 0) is 115 Å². The van der Waals surface area contributed by atoms with Crippen molar-refractivity contribution in [3.63, 3.8) is 0 Å². The van der Waals surface area contributed by atoms with Gasteiger partial charge in [0.05, 0.1) is 66.2 Å². The van der Waals surface area contributed by atoms with Crippen LogP contribution < -0.4 is 15.4 Å². The highest BCUT2D eigenvalue weighted by Crippen LogP contribution is 2.49. The molecule has 2 aromatic carbocycles. The molecular weight excluding hydrogens is 1090 g/mol. The second-order valence-corrected chi connectivity index (χ2v) is 23.3. The zero-order valence-electron chi connectivity index (χ0n) is 44.9. The highest BCUT2D eigenvalue weighted by Gasteiger charge is 2.44. The number of methoxy groups -OCH3 is 2. The van der Waals surface area contributed by atoms with Crippen molar-refractivity contribution in [3.8, 4) is 17.0 Å². The summed E-state index contributed by atoms with van der Waals surface area (Å²) in [5, 5.41) is 7.55. The summed E-state index contributed by atoms with van der Waals surface area (Å²) in [5.74, 6) is -0.0192. The number of thiazole rings is 1. The number of aliphatic imine (C=N–C) groups is 2. The zero-order chi connectivity index (χ0) is 51.6. The van der Waals surface area contributed by atoms with Crippen LogP contribution in [-0.4, -0.2) is 119 Å². The molecule has 2 aromatic heterocycles. The number of rotatable bonds is 13. The highest BCUT2D eigenvalue weighted by atomic mass is 32.1. The average molecular weight is 1170 g/mol. The molecule has 6 atom stereocenters. The molecular formula is C56H73FN8O8S5. The van der Waals surface area contributed by atoms with E-state index < -0.39 is 36.3 Å². The average Bonchev–Trinajstić information content (AvgIpc) is 4.26. The third-order valence-corrected chi connectivity index (χ3v) is 17.0. The first-order chi connectivity index (χ1) is 35.7. The maximum Gasteiger partial charge on any atom is 0.407 e. The molecule has 2 N–H and O–H groups in total. The molecule has 0 spiro atoms. The number of fused-ring (bicyclic) bond motifs is 5. The summed E-state index contributed by atoms with van der Waals surface area (Å²) in [5.41, 5.74) is 7.02. The number of nitrogens with zero attached hydrogens (tertiary/aromatic N) is 6. The number of alkyl carbamates (subject to hydrolysis) is 2. The van der Waals surface area contributed by atoms with E-state index in [1.807, 2.05) is 48.2 Å². The van der Waals surface area contributed by atoms with Gasteiger partial charge in [0.2, 0.25) is 18.0 Å². The molecule has 4 fully saturated rings. The summed E-state index contributed by atoms with van der Waals surface area (Å²) in [4.78, 5) is 72.4. The van der Waals surface area contributed by atoms with E-state index >= 15 is 4.39 Å². The lowest BCUT2D eigenvalue weighted by Crippen LogP contribution is -2.57. The molecule has 8 heterocycles. The van der Waals surface area contributed by atoms with E-state index in [1.54, 1.807) is 23.6 Å². The number of hydrogen-bond acceptors (Lipinski definition) is 12. The van der Waals surface area contributed by atoms with Crippen molar-refractivity contribution in [1.29, 1.82) is 0 Å². The number of benzene rings is 2. The largest absolute Gasteiger partial charge is 0.464 e. The maximum absolute atomic E-state index is 17.1. The monoisotopic (exact) mass is 1160 g/mol. The smallest absolute Gasteiger partial charge is 0.407 e. The second kappa shape index (κ2) is 24.8. The number of allylic oxidation sites excluding steroid dienone is 2. The van der Waals surface area contributed by atoms with Gasteiger partial charge in [0.1, 0.15) is 23.7 Å². The van der Waals surface area contributed by atoms with Crippen molar-refractivity contribution in [2.24, 2.45) is 33.2 Å². The van der Waals surface area contributed by atoms with Gasteiger partial charge in [-0.1, -0.05) is 33.8 Å². The van der Waals surface area contributed by atoms with E-state index in [-0.39, 0.29) is 95.1 Å². The van der Waals surface area contributed by atoms with Crippen LogP contribution in [-0.2, 0) is 30.2 Å². The van der Waals surface area contributed by atoms with Gasteiger partial charge in [-0.2, -0.15) is 54.0 Å². The lowest BCUT2D eigenvalue weighted by atomic mass is 9.78. The predicted octanol–water partition coefficient (Wildman–Crippen LogP) is 9.77. The van der Waals surface area contributed by atoms with Crippen LogP contribution in [0.2, 0.25) is 0 Å². The van der Waals surface area contributed by atoms with Crippen molar-refractivity contribution in [1.82, 2.24) is 30.0 Å². The fourth-order valence-corrected chi connectivity index (χ4v) is 13.1. The third kappa shape index (κ3) is 12.0. The first kappa shape index (κ1) is 60.6. The van der Waals surface area contributed by atoms with Crippen LogP contribution in [0.5, 0.6) is 5.75 Å². The summed E-state index contributed by atoms with van der Waals surface area (Å²) >= 11 is 1.64. The van der Waals surface area contributed by atoms with Crippen LogP contribution >= 0.6 is 65.3 Å². The van der Waals surface area contributed by atoms with E-state index in [9.17, 15) is 19.2 Å². The Kier molecular flexibility index (Phi) is 19.3. The van der Waals surface area contributed by atoms with Crippen molar-refractivity contribution in [2.45, 2.75) is 122 Å². The maximum atomic E-state index is 17.1. The molecule has 11 rings (SSSR count). The van der Waals surface area contributed by atoms with Crippen LogP contribution in [0.25, 0.3) is 33.3 Å². The quantitative estimate of drug-likeness (QED) is 0.132. The molecule has 7 aliphatic rings. The number of ether oxygens (including phenoxy) is 4. The summed E-state index contributed by atoms with van der Waals surface area (Å²) < 4.78 is 41.8. The van der Waals surface area contributed by atoms with E-state index in [0.29, 0.717) is 67.6 Å². The molecule has 6 aliphatic heterocycles. The Labute approximate surface area is 487 Å². The molecule has 1 aliphatic carbocycles. The summed E-state index contributed by atoms with van der Waals surface area (Å²) in [6.45, 7) is 10.1. The highest BCUT2D eigenvalue weighted by molar-refractivity contribution is 7.59. The van der Waals surface area contributed by atoms with E-state index in [2.05, 4.69) is 47.2 Å². The molecule has 422 valence electrons. The SMILES string of the molecule is COC(=O)NC(C(=O)N1CCC[C@H]1C1=NC=C(c2ccc3c(c2)cc2n3C(c3cnc(CC4CC4)s3)Oc3cc(C4=CN=C([C@@H]5CCCN5C(=O)[C@@H](NC(=O)OC)C(C)C)C4)cc(F)c3-2)C1)C1COCC(C)(C)C1.S.S.S.S. The molecule has 4 amide bonds. The van der Waals surface area contributed by atoms with Crippen molar-refractivity contribution < 1.29 is 42.5 Å².